The number of ether oxygens (including phenoxy) is 1. The molecule has 1 heterocycles. The molecule has 1 amide bonds. The van der Waals surface area contributed by atoms with Crippen LogP contribution in [-0.4, -0.2) is 33.2 Å². The number of hydrogen-bond donors (Lipinski definition) is 2. The van der Waals surface area contributed by atoms with Gasteiger partial charge in [0.2, 0.25) is 0 Å². The van der Waals surface area contributed by atoms with E-state index in [-0.39, 0.29) is 11.7 Å². The summed E-state index contributed by atoms with van der Waals surface area (Å²) in [5.41, 5.74) is 3.51. The highest BCUT2D eigenvalue weighted by atomic mass is 19.1. The van der Waals surface area contributed by atoms with Crippen LogP contribution in [0.15, 0.2) is 48.7 Å². The van der Waals surface area contributed by atoms with Gasteiger partial charge in [0.15, 0.2) is 0 Å². The number of hydrogen-bond acceptors (Lipinski definition) is 4. The number of methoxy groups -OCH3 is 1. The zero-order chi connectivity index (χ0) is 17.8. The lowest BCUT2D eigenvalue weighted by Gasteiger charge is -2.19. The molecule has 130 valence electrons. The summed E-state index contributed by atoms with van der Waals surface area (Å²) in [5.74, 6) is -0.617. The standard InChI is InChI=1S/C19H20FN3O2/c1-23(9-10-25-2)15-6-4-14(5-7-15)21-12-17-16-11-13(20)3-8-18(16)22-19(17)24/h3-8,11-12,21H,9-10H2,1-2H3,(H,22,24)/b17-12+. The number of anilines is 3. The lowest BCUT2D eigenvalue weighted by Crippen LogP contribution is -2.21. The van der Waals surface area contributed by atoms with E-state index < -0.39 is 0 Å². The third-order valence-electron chi connectivity index (χ3n) is 4.09. The zero-order valence-electron chi connectivity index (χ0n) is 14.2. The Kier molecular flexibility index (Phi) is 5.00. The summed E-state index contributed by atoms with van der Waals surface area (Å²) in [6.45, 7) is 1.46. The molecule has 25 heavy (non-hydrogen) atoms. The SMILES string of the molecule is COCCN(C)c1ccc(N/C=C2/C(=O)Nc3ccc(F)cc32)cc1. The van der Waals surface area contributed by atoms with E-state index in [9.17, 15) is 9.18 Å². The lowest BCUT2D eigenvalue weighted by molar-refractivity contribution is -0.110. The summed E-state index contributed by atoms with van der Waals surface area (Å²) in [6.07, 6.45) is 1.60. The van der Waals surface area contributed by atoms with E-state index >= 15 is 0 Å². The normalized spacial score (nSPS) is 14.4. The fraction of sp³-hybridized carbons (Fsp3) is 0.211. The van der Waals surface area contributed by atoms with E-state index in [4.69, 9.17) is 4.74 Å². The molecule has 0 aromatic heterocycles. The van der Waals surface area contributed by atoms with Crippen LogP contribution in [0, 0.1) is 5.82 Å². The second-order valence-electron chi connectivity index (χ2n) is 5.81. The van der Waals surface area contributed by atoms with E-state index in [0.29, 0.717) is 23.4 Å². The van der Waals surface area contributed by atoms with Crippen molar-refractivity contribution in [1.82, 2.24) is 0 Å². The lowest BCUT2D eigenvalue weighted by atomic mass is 10.1. The van der Waals surface area contributed by atoms with Gasteiger partial charge in [-0.05, 0) is 42.5 Å². The second-order valence-corrected chi connectivity index (χ2v) is 5.81. The largest absolute Gasteiger partial charge is 0.383 e. The molecule has 0 bridgehead atoms. The highest BCUT2D eigenvalue weighted by molar-refractivity contribution is 6.31. The summed E-state index contributed by atoms with van der Waals surface area (Å²) in [6, 6.07) is 12.1. The average Bonchev–Trinajstić information content (AvgIpc) is 2.93. The monoisotopic (exact) mass is 341 g/mol. The summed E-state index contributed by atoms with van der Waals surface area (Å²) in [4.78, 5) is 14.1. The minimum absolute atomic E-state index is 0.246. The molecule has 0 saturated heterocycles. The van der Waals surface area contributed by atoms with Gasteiger partial charge >= 0.3 is 0 Å². The van der Waals surface area contributed by atoms with Gasteiger partial charge in [0.05, 0.1) is 12.2 Å². The molecular formula is C19H20FN3O2. The molecular weight excluding hydrogens is 321 g/mol. The van der Waals surface area contributed by atoms with Crippen LogP contribution in [0.3, 0.4) is 0 Å². The number of halogens is 1. The van der Waals surface area contributed by atoms with Gasteiger partial charge in [0.1, 0.15) is 5.82 Å². The summed E-state index contributed by atoms with van der Waals surface area (Å²) in [5, 5.41) is 5.82. The van der Waals surface area contributed by atoms with Gasteiger partial charge in [-0.1, -0.05) is 0 Å². The maximum atomic E-state index is 13.4. The van der Waals surface area contributed by atoms with Crippen molar-refractivity contribution in [3.05, 3.63) is 60.0 Å². The van der Waals surface area contributed by atoms with Gasteiger partial charge < -0.3 is 20.3 Å². The first-order valence-electron chi connectivity index (χ1n) is 7.96. The Bertz CT molecular complexity index is 803. The fourth-order valence-corrected chi connectivity index (χ4v) is 2.63. The Hall–Kier alpha value is -2.86. The summed E-state index contributed by atoms with van der Waals surface area (Å²) < 4.78 is 18.5. The number of rotatable bonds is 6. The van der Waals surface area contributed by atoms with Crippen LogP contribution < -0.4 is 15.5 Å². The van der Waals surface area contributed by atoms with Crippen LogP contribution >= 0.6 is 0 Å². The number of nitrogens with zero attached hydrogens (tertiary/aromatic N) is 1. The van der Waals surface area contributed by atoms with E-state index in [2.05, 4.69) is 15.5 Å². The van der Waals surface area contributed by atoms with Gasteiger partial charge in [-0.3, -0.25) is 4.79 Å². The zero-order valence-corrected chi connectivity index (χ0v) is 14.2. The fourth-order valence-electron chi connectivity index (χ4n) is 2.63. The molecule has 3 rings (SSSR count). The minimum atomic E-state index is -0.371. The van der Waals surface area contributed by atoms with Gasteiger partial charge in [-0.2, -0.15) is 0 Å². The molecule has 1 aliphatic rings. The number of benzene rings is 2. The highest BCUT2D eigenvalue weighted by Gasteiger charge is 2.24. The van der Waals surface area contributed by atoms with Crippen molar-refractivity contribution in [1.29, 1.82) is 0 Å². The van der Waals surface area contributed by atoms with Crippen molar-refractivity contribution in [2.75, 3.05) is 42.8 Å². The Morgan fingerprint density at radius 2 is 2.00 bits per heavy atom. The van der Waals surface area contributed by atoms with Crippen molar-refractivity contribution >= 4 is 28.5 Å². The van der Waals surface area contributed by atoms with Crippen LogP contribution in [0.25, 0.3) is 5.57 Å². The molecule has 1 aliphatic heterocycles. The molecule has 0 atom stereocenters. The summed E-state index contributed by atoms with van der Waals surface area (Å²) in [7, 11) is 3.68. The number of likely N-dealkylation sites (N-methyl/N-ethyl adjacent to an activating group) is 1. The predicted molar refractivity (Wildman–Crippen MR) is 98.2 cm³/mol. The Balaban J connectivity index is 1.72. The maximum absolute atomic E-state index is 13.4. The first-order valence-corrected chi connectivity index (χ1v) is 7.96. The number of amides is 1. The quantitative estimate of drug-likeness (QED) is 0.792. The third-order valence-corrected chi connectivity index (χ3v) is 4.09. The van der Waals surface area contributed by atoms with Gasteiger partial charge in [0.25, 0.3) is 5.91 Å². The summed E-state index contributed by atoms with van der Waals surface area (Å²) >= 11 is 0. The molecule has 0 fully saturated rings. The molecule has 2 aromatic rings. The van der Waals surface area contributed by atoms with Gasteiger partial charge in [-0.15, -0.1) is 0 Å². The van der Waals surface area contributed by atoms with Crippen molar-refractivity contribution in [3.63, 3.8) is 0 Å². The van der Waals surface area contributed by atoms with E-state index in [0.717, 1.165) is 17.9 Å². The molecule has 2 aromatic carbocycles. The van der Waals surface area contributed by atoms with Crippen LogP contribution in [0.5, 0.6) is 0 Å². The molecule has 5 nitrogen and oxygen atoms in total. The first kappa shape index (κ1) is 17.0. The number of nitrogens with one attached hydrogen (secondary N) is 2. The van der Waals surface area contributed by atoms with Crippen molar-refractivity contribution in [2.24, 2.45) is 0 Å². The van der Waals surface area contributed by atoms with E-state index in [1.165, 1.54) is 12.1 Å². The molecule has 0 spiro atoms. The Labute approximate surface area is 146 Å². The van der Waals surface area contributed by atoms with Crippen LogP contribution in [0.2, 0.25) is 0 Å². The average molecular weight is 341 g/mol. The number of fused-ring (bicyclic) bond motifs is 1. The number of carbonyl (C=O) groups is 1. The van der Waals surface area contributed by atoms with E-state index in [1.807, 2.05) is 31.3 Å². The minimum Gasteiger partial charge on any atom is -0.383 e. The molecule has 6 heteroatoms. The molecule has 0 radical (unpaired) electrons. The van der Waals surface area contributed by atoms with Crippen LogP contribution in [0.4, 0.5) is 21.5 Å². The molecule has 0 saturated carbocycles. The van der Waals surface area contributed by atoms with Crippen molar-refractivity contribution in [2.45, 2.75) is 0 Å². The molecule has 0 aliphatic carbocycles. The van der Waals surface area contributed by atoms with Gasteiger partial charge in [-0.25, -0.2) is 4.39 Å². The third kappa shape index (κ3) is 3.80. The van der Waals surface area contributed by atoms with Gasteiger partial charge in [0, 0.05) is 49.5 Å². The second kappa shape index (κ2) is 7.36. The first-order chi connectivity index (χ1) is 12.1. The van der Waals surface area contributed by atoms with Crippen molar-refractivity contribution < 1.29 is 13.9 Å². The van der Waals surface area contributed by atoms with Crippen molar-refractivity contribution in [3.8, 4) is 0 Å². The predicted octanol–water partition coefficient (Wildman–Crippen LogP) is 3.31. The number of carbonyl (C=O) groups excluding carboxylic acids is 1. The van der Waals surface area contributed by atoms with E-state index in [1.54, 1.807) is 19.4 Å². The Morgan fingerprint density at radius 3 is 2.72 bits per heavy atom. The smallest absolute Gasteiger partial charge is 0.257 e. The maximum Gasteiger partial charge on any atom is 0.257 e. The Morgan fingerprint density at radius 1 is 1.24 bits per heavy atom. The van der Waals surface area contributed by atoms with Crippen LogP contribution in [0.1, 0.15) is 5.56 Å². The highest BCUT2D eigenvalue weighted by Crippen LogP contribution is 2.32. The molecule has 2 N–H and O–H groups in total. The molecule has 0 unspecified atom stereocenters. The van der Waals surface area contributed by atoms with Crippen LogP contribution in [-0.2, 0) is 9.53 Å². The topological polar surface area (TPSA) is 53.6 Å².